The van der Waals surface area contributed by atoms with Crippen molar-refractivity contribution in [3.63, 3.8) is 0 Å². The number of nitrogens with one attached hydrogen (secondary N) is 1. The summed E-state index contributed by atoms with van der Waals surface area (Å²) in [5, 5.41) is 4.68. The highest BCUT2D eigenvalue weighted by Crippen LogP contribution is 2.31. The second-order valence-electron chi connectivity index (χ2n) is 5.97. The predicted octanol–water partition coefficient (Wildman–Crippen LogP) is 5.45. The first-order chi connectivity index (χ1) is 14.1. The minimum absolute atomic E-state index is 0.269. The molecule has 0 unspecified atom stereocenters. The van der Waals surface area contributed by atoms with Gasteiger partial charge in [-0.3, -0.25) is 4.79 Å². The Kier molecular flexibility index (Phi) is 7.27. The highest BCUT2D eigenvalue weighted by Gasteiger charge is 2.11. The van der Waals surface area contributed by atoms with Crippen molar-refractivity contribution in [2.24, 2.45) is 5.10 Å². The second-order valence-corrected chi connectivity index (χ2v) is 7.29. The number of amides is 1. The molecule has 7 heteroatoms. The Bertz CT molecular complexity index is 1040. The maximum absolute atomic E-state index is 12.2. The van der Waals surface area contributed by atoms with Crippen molar-refractivity contribution in [3.05, 3.63) is 92.9 Å². The molecule has 0 aliphatic heterocycles. The van der Waals surface area contributed by atoms with Crippen molar-refractivity contribution >= 4 is 39.7 Å². The van der Waals surface area contributed by atoms with Crippen LogP contribution in [0.3, 0.4) is 0 Å². The molecule has 0 spiro atoms. The summed E-state index contributed by atoms with van der Waals surface area (Å²) in [6.45, 7) is 0.269. The first-order valence-corrected chi connectivity index (χ1v) is 9.87. The second kappa shape index (κ2) is 10.1. The fourth-order valence-corrected chi connectivity index (χ4v) is 3.16. The summed E-state index contributed by atoms with van der Waals surface area (Å²) in [4.78, 5) is 12.2. The quantitative estimate of drug-likeness (QED) is 0.366. The summed E-state index contributed by atoms with van der Waals surface area (Å²) < 4.78 is 12.2. The molecule has 29 heavy (non-hydrogen) atoms. The third kappa shape index (κ3) is 5.59. The number of hydrazone groups is 1. The largest absolute Gasteiger partial charge is 0.493 e. The van der Waals surface area contributed by atoms with Crippen molar-refractivity contribution in [1.29, 1.82) is 0 Å². The van der Waals surface area contributed by atoms with E-state index in [1.165, 1.54) is 6.21 Å². The van der Waals surface area contributed by atoms with Crippen LogP contribution in [0.1, 0.15) is 21.5 Å². The molecule has 0 bridgehead atoms. The van der Waals surface area contributed by atoms with E-state index in [9.17, 15) is 4.79 Å². The van der Waals surface area contributed by atoms with Crippen molar-refractivity contribution in [1.82, 2.24) is 5.43 Å². The van der Waals surface area contributed by atoms with Gasteiger partial charge in [-0.25, -0.2) is 5.43 Å². The molecule has 3 aromatic rings. The summed E-state index contributed by atoms with van der Waals surface area (Å²) >= 11 is 9.55. The van der Waals surface area contributed by atoms with Gasteiger partial charge in [-0.2, -0.15) is 5.10 Å². The van der Waals surface area contributed by atoms with Gasteiger partial charge in [0.2, 0.25) is 0 Å². The van der Waals surface area contributed by atoms with Gasteiger partial charge in [0.15, 0.2) is 11.5 Å². The van der Waals surface area contributed by atoms with Gasteiger partial charge in [0, 0.05) is 26.2 Å². The fraction of sp³-hybridized carbons (Fsp3) is 0.0909. The lowest BCUT2D eigenvalue weighted by Gasteiger charge is -2.13. The van der Waals surface area contributed by atoms with Gasteiger partial charge in [0.05, 0.1) is 13.3 Å². The Hall–Kier alpha value is -2.83. The molecule has 0 atom stereocenters. The zero-order valence-corrected chi connectivity index (χ0v) is 17.9. The monoisotopic (exact) mass is 472 g/mol. The van der Waals surface area contributed by atoms with Crippen molar-refractivity contribution in [2.75, 3.05) is 7.11 Å². The van der Waals surface area contributed by atoms with E-state index in [0.29, 0.717) is 27.6 Å². The molecule has 3 rings (SSSR count). The molecule has 1 amide bonds. The molecule has 0 radical (unpaired) electrons. The molecular weight excluding hydrogens is 456 g/mol. The maximum Gasteiger partial charge on any atom is 0.271 e. The standard InChI is InChI=1S/C22H18BrClN2O3/c1-28-20-11-5-8-16(21(20)29-14-17-6-2-3-10-19(17)24)13-25-26-22(27)15-7-4-9-18(23)12-15/h2-13H,14H2,1H3,(H,26,27)/b25-13-. The molecule has 0 saturated heterocycles. The molecule has 5 nitrogen and oxygen atoms in total. The van der Waals surface area contributed by atoms with Crippen LogP contribution in [-0.4, -0.2) is 19.2 Å². The van der Waals surface area contributed by atoms with Crippen LogP contribution in [-0.2, 0) is 6.61 Å². The normalized spacial score (nSPS) is 10.7. The van der Waals surface area contributed by atoms with Gasteiger partial charge in [0.25, 0.3) is 5.91 Å². The van der Waals surface area contributed by atoms with E-state index in [1.54, 1.807) is 31.4 Å². The molecule has 3 aromatic carbocycles. The highest BCUT2D eigenvalue weighted by molar-refractivity contribution is 9.10. The average Bonchev–Trinajstić information content (AvgIpc) is 2.73. The van der Waals surface area contributed by atoms with E-state index in [4.69, 9.17) is 21.1 Å². The summed E-state index contributed by atoms with van der Waals surface area (Å²) in [6.07, 6.45) is 1.51. The number of methoxy groups -OCH3 is 1. The van der Waals surface area contributed by atoms with Gasteiger partial charge < -0.3 is 9.47 Å². The molecule has 0 heterocycles. The molecule has 0 aliphatic rings. The van der Waals surface area contributed by atoms with Crippen LogP contribution < -0.4 is 14.9 Å². The SMILES string of the molecule is COc1cccc(/C=N\NC(=O)c2cccc(Br)c2)c1OCc1ccccc1Cl. The Morgan fingerprint density at radius 2 is 1.93 bits per heavy atom. The van der Waals surface area contributed by atoms with Crippen LogP contribution in [0, 0.1) is 0 Å². The minimum atomic E-state index is -0.316. The molecule has 0 aliphatic carbocycles. The molecule has 0 saturated carbocycles. The first kappa shape index (κ1) is 20.9. The zero-order chi connectivity index (χ0) is 20.6. The Labute approximate surface area is 182 Å². The van der Waals surface area contributed by atoms with Crippen molar-refractivity contribution < 1.29 is 14.3 Å². The molecule has 0 aromatic heterocycles. The molecule has 148 valence electrons. The number of para-hydroxylation sites is 1. The van der Waals surface area contributed by atoms with E-state index < -0.39 is 0 Å². The van der Waals surface area contributed by atoms with Crippen LogP contribution in [0.5, 0.6) is 11.5 Å². The summed E-state index contributed by atoms with van der Waals surface area (Å²) in [7, 11) is 1.56. The van der Waals surface area contributed by atoms with Crippen LogP contribution in [0.4, 0.5) is 0 Å². The third-order valence-electron chi connectivity index (χ3n) is 4.02. The maximum atomic E-state index is 12.2. The number of hydrogen-bond donors (Lipinski definition) is 1. The number of benzene rings is 3. The molecule has 1 N–H and O–H groups in total. The number of nitrogens with zero attached hydrogens (tertiary/aromatic N) is 1. The topological polar surface area (TPSA) is 59.9 Å². The third-order valence-corrected chi connectivity index (χ3v) is 4.88. The van der Waals surface area contributed by atoms with Crippen LogP contribution in [0.2, 0.25) is 5.02 Å². The first-order valence-electron chi connectivity index (χ1n) is 8.70. The zero-order valence-electron chi connectivity index (χ0n) is 15.6. The lowest BCUT2D eigenvalue weighted by molar-refractivity contribution is 0.0955. The van der Waals surface area contributed by atoms with Gasteiger partial charge in [0.1, 0.15) is 6.61 Å². The Morgan fingerprint density at radius 1 is 1.14 bits per heavy atom. The Morgan fingerprint density at radius 3 is 2.69 bits per heavy atom. The number of carbonyl (C=O) groups is 1. The van der Waals surface area contributed by atoms with Crippen LogP contribution in [0.25, 0.3) is 0 Å². The van der Waals surface area contributed by atoms with Gasteiger partial charge in [-0.05, 0) is 36.4 Å². The van der Waals surface area contributed by atoms with E-state index in [2.05, 4.69) is 26.5 Å². The van der Waals surface area contributed by atoms with Gasteiger partial charge in [-0.1, -0.05) is 57.9 Å². The lowest BCUT2D eigenvalue weighted by atomic mass is 10.2. The van der Waals surface area contributed by atoms with Crippen LogP contribution >= 0.6 is 27.5 Å². The van der Waals surface area contributed by atoms with E-state index in [1.807, 2.05) is 42.5 Å². The lowest BCUT2D eigenvalue weighted by Crippen LogP contribution is -2.17. The number of halogens is 2. The van der Waals surface area contributed by atoms with Crippen LogP contribution in [0.15, 0.2) is 76.3 Å². The van der Waals surface area contributed by atoms with Crippen molar-refractivity contribution in [3.8, 4) is 11.5 Å². The average molecular weight is 474 g/mol. The van der Waals surface area contributed by atoms with Gasteiger partial charge >= 0.3 is 0 Å². The van der Waals surface area contributed by atoms with E-state index in [-0.39, 0.29) is 12.5 Å². The smallest absolute Gasteiger partial charge is 0.271 e. The number of rotatable bonds is 7. The summed E-state index contributed by atoms with van der Waals surface area (Å²) in [5.41, 5.74) is 4.52. The fourth-order valence-electron chi connectivity index (χ4n) is 2.57. The molecule has 0 fully saturated rings. The van der Waals surface area contributed by atoms with E-state index >= 15 is 0 Å². The van der Waals surface area contributed by atoms with Crippen molar-refractivity contribution in [2.45, 2.75) is 6.61 Å². The predicted molar refractivity (Wildman–Crippen MR) is 118 cm³/mol. The Balaban J connectivity index is 1.75. The number of carbonyl (C=O) groups excluding carboxylic acids is 1. The summed E-state index contributed by atoms with van der Waals surface area (Å²) in [6, 6.07) is 19.9. The number of ether oxygens (including phenoxy) is 2. The minimum Gasteiger partial charge on any atom is -0.493 e. The molecular formula is C22H18BrClN2O3. The number of hydrogen-bond acceptors (Lipinski definition) is 4. The highest BCUT2D eigenvalue weighted by atomic mass is 79.9. The van der Waals surface area contributed by atoms with E-state index in [0.717, 1.165) is 10.0 Å². The van der Waals surface area contributed by atoms with Gasteiger partial charge in [-0.15, -0.1) is 0 Å². The summed E-state index contributed by atoms with van der Waals surface area (Å²) in [5.74, 6) is 0.749.